The Kier molecular flexibility index (Phi) is 2.88. The van der Waals surface area contributed by atoms with E-state index in [1.165, 1.54) is 45.3 Å². The number of aromatic nitrogens is 3. The molecule has 1 aliphatic carbocycles. The second-order valence-corrected chi connectivity index (χ2v) is 6.22. The Morgan fingerprint density at radius 3 is 2.80 bits per heavy atom. The van der Waals surface area contributed by atoms with E-state index in [0.717, 1.165) is 17.0 Å². The molecule has 1 saturated carbocycles. The van der Waals surface area contributed by atoms with Gasteiger partial charge in [-0.15, -0.1) is 0 Å². The number of hydrogen-bond acceptors (Lipinski definition) is 4. The molecule has 2 fully saturated rings. The average Bonchev–Trinajstić information content (AvgIpc) is 3.03. The van der Waals surface area contributed by atoms with Crippen molar-refractivity contribution in [2.45, 2.75) is 31.7 Å². The van der Waals surface area contributed by atoms with E-state index in [9.17, 15) is 0 Å². The number of fused-ring (bicyclic) bond motifs is 1. The Hall–Kier alpha value is -1.62. The van der Waals surface area contributed by atoms with Gasteiger partial charge >= 0.3 is 0 Å². The van der Waals surface area contributed by atoms with Gasteiger partial charge in [0, 0.05) is 18.8 Å². The first-order chi connectivity index (χ1) is 9.81. The number of hydrogen-bond donors (Lipinski definition) is 1. The first-order valence-corrected chi connectivity index (χ1v) is 7.60. The third-order valence-electron chi connectivity index (χ3n) is 4.86. The van der Waals surface area contributed by atoms with Crippen molar-refractivity contribution < 1.29 is 0 Å². The lowest BCUT2D eigenvalue weighted by atomic mass is 9.79. The maximum absolute atomic E-state index is 5.89. The maximum atomic E-state index is 5.89. The summed E-state index contributed by atoms with van der Waals surface area (Å²) < 4.78 is 2.29. The molecule has 0 radical (unpaired) electrons. The normalized spacial score (nSPS) is 27.0. The molecular formula is C15H21N5. The standard InChI is InChI=1S/C15H21N5/c16-14-13-3-6-20(15(13)18-10-17-14)12-7-11(8-12)9-19-4-1-2-5-19/h3,6,10-12H,1-2,4-5,7-9H2,(H2,16,17,18). The van der Waals surface area contributed by atoms with Crippen LogP contribution in [0, 0.1) is 5.92 Å². The summed E-state index contributed by atoms with van der Waals surface area (Å²) in [6.45, 7) is 3.89. The van der Waals surface area contributed by atoms with E-state index >= 15 is 0 Å². The van der Waals surface area contributed by atoms with Crippen LogP contribution in [0.4, 0.5) is 5.82 Å². The molecule has 2 aromatic heterocycles. The highest BCUT2D eigenvalue weighted by molar-refractivity contribution is 5.86. The van der Waals surface area contributed by atoms with E-state index in [0.29, 0.717) is 11.9 Å². The summed E-state index contributed by atoms with van der Waals surface area (Å²) in [6, 6.07) is 2.63. The highest BCUT2D eigenvalue weighted by Crippen LogP contribution is 2.40. The lowest BCUT2D eigenvalue weighted by molar-refractivity contribution is 0.145. The van der Waals surface area contributed by atoms with Gasteiger partial charge in [-0.25, -0.2) is 9.97 Å². The molecule has 0 unspecified atom stereocenters. The van der Waals surface area contributed by atoms with Gasteiger partial charge in [0.15, 0.2) is 0 Å². The summed E-state index contributed by atoms with van der Waals surface area (Å²) in [6.07, 6.45) is 8.98. The van der Waals surface area contributed by atoms with Crippen LogP contribution in [0.3, 0.4) is 0 Å². The van der Waals surface area contributed by atoms with Gasteiger partial charge in [-0.3, -0.25) is 0 Å². The van der Waals surface area contributed by atoms with Crippen LogP contribution in [0.1, 0.15) is 31.7 Å². The summed E-state index contributed by atoms with van der Waals surface area (Å²) >= 11 is 0. The Labute approximate surface area is 118 Å². The molecular weight excluding hydrogens is 250 g/mol. The fourth-order valence-electron chi connectivity index (χ4n) is 3.69. The lowest BCUT2D eigenvalue weighted by Gasteiger charge is -2.38. The van der Waals surface area contributed by atoms with Crippen LogP contribution >= 0.6 is 0 Å². The number of likely N-dealkylation sites (tertiary alicyclic amines) is 1. The molecule has 1 saturated heterocycles. The minimum Gasteiger partial charge on any atom is -0.383 e. The molecule has 0 amide bonds. The zero-order valence-corrected chi connectivity index (χ0v) is 11.7. The Morgan fingerprint density at radius 1 is 1.20 bits per heavy atom. The second-order valence-electron chi connectivity index (χ2n) is 6.22. The number of nitrogens with zero attached hydrogens (tertiary/aromatic N) is 4. The Morgan fingerprint density at radius 2 is 2.00 bits per heavy atom. The van der Waals surface area contributed by atoms with Crippen LogP contribution in [-0.4, -0.2) is 39.1 Å². The Bertz CT molecular complexity index is 608. The van der Waals surface area contributed by atoms with Crippen LogP contribution in [0.25, 0.3) is 11.0 Å². The van der Waals surface area contributed by atoms with Crippen LogP contribution in [-0.2, 0) is 0 Å². The SMILES string of the molecule is Nc1ncnc2c1ccn2C1CC(CN2CCCC2)C1. The first kappa shape index (κ1) is 12.1. The van der Waals surface area contributed by atoms with Crippen LogP contribution < -0.4 is 5.73 Å². The molecule has 20 heavy (non-hydrogen) atoms. The fraction of sp³-hybridized carbons (Fsp3) is 0.600. The zero-order chi connectivity index (χ0) is 13.5. The van der Waals surface area contributed by atoms with Crippen LogP contribution in [0.5, 0.6) is 0 Å². The third kappa shape index (κ3) is 1.97. The molecule has 0 bridgehead atoms. The van der Waals surface area contributed by atoms with E-state index in [4.69, 9.17) is 5.73 Å². The van der Waals surface area contributed by atoms with Crippen molar-refractivity contribution in [1.29, 1.82) is 0 Å². The topological polar surface area (TPSA) is 60.0 Å². The molecule has 5 nitrogen and oxygen atoms in total. The minimum atomic E-state index is 0.585. The molecule has 1 aliphatic heterocycles. The van der Waals surface area contributed by atoms with Crippen molar-refractivity contribution in [2.75, 3.05) is 25.4 Å². The molecule has 2 aromatic rings. The molecule has 5 heteroatoms. The first-order valence-electron chi connectivity index (χ1n) is 7.60. The minimum absolute atomic E-state index is 0.585. The third-order valence-corrected chi connectivity index (χ3v) is 4.86. The van der Waals surface area contributed by atoms with Crippen molar-refractivity contribution >= 4 is 16.9 Å². The monoisotopic (exact) mass is 271 g/mol. The van der Waals surface area contributed by atoms with Gasteiger partial charge in [-0.1, -0.05) is 0 Å². The van der Waals surface area contributed by atoms with E-state index in [1.807, 2.05) is 6.07 Å². The predicted molar refractivity (Wildman–Crippen MR) is 79.4 cm³/mol. The predicted octanol–water partition coefficient (Wildman–Crippen LogP) is 2.06. The molecule has 0 atom stereocenters. The number of nitrogen functional groups attached to an aromatic ring is 1. The smallest absolute Gasteiger partial charge is 0.145 e. The van der Waals surface area contributed by atoms with Gasteiger partial charge in [0.05, 0.1) is 5.39 Å². The summed E-state index contributed by atoms with van der Waals surface area (Å²) in [5.41, 5.74) is 6.88. The quantitative estimate of drug-likeness (QED) is 0.928. The number of anilines is 1. The van der Waals surface area contributed by atoms with Crippen molar-refractivity contribution in [3.8, 4) is 0 Å². The van der Waals surface area contributed by atoms with Gasteiger partial charge in [-0.05, 0) is 50.8 Å². The van der Waals surface area contributed by atoms with Gasteiger partial charge in [-0.2, -0.15) is 0 Å². The van der Waals surface area contributed by atoms with Crippen molar-refractivity contribution in [1.82, 2.24) is 19.4 Å². The summed E-state index contributed by atoms with van der Waals surface area (Å²) in [7, 11) is 0. The fourth-order valence-corrected chi connectivity index (χ4v) is 3.69. The Balaban J connectivity index is 1.45. The summed E-state index contributed by atoms with van der Waals surface area (Å²) in [5.74, 6) is 1.44. The molecule has 2 aliphatic rings. The molecule has 3 heterocycles. The van der Waals surface area contributed by atoms with Crippen LogP contribution in [0.15, 0.2) is 18.6 Å². The average molecular weight is 271 g/mol. The molecule has 0 spiro atoms. The number of rotatable bonds is 3. The van der Waals surface area contributed by atoms with Gasteiger partial charge in [0.2, 0.25) is 0 Å². The van der Waals surface area contributed by atoms with E-state index in [1.54, 1.807) is 6.33 Å². The zero-order valence-electron chi connectivity index (χ0n) is 11.7. The lowest BCUT2D eigenvalue weighted by Crippen LogP contribution is -2.35. The number of nitrogens with two attached hydrogens (primary N) is 1. The molecule has 0 aromatic carbocycles. The highest BCUT2D eigenvalue weighted by Gasteiger charge is 2.33. The summed E-state index contributed by atoms with van der Waals surface area (Å²) in [4.78, 5) is 11.1. The van der Waals surface area contributed by atoms with E-state index < -0.39 is 0 Å². The largest absolute Gasteiger partial charge is 0.383 e. The molecule has 4 rings (SSSR count). The second kappa shape index (κ2) is 4.74. The highest BCUT2D eigenvalue weighted by atomic mass is 15.1. The summed E-state index contributed by atoms with van der Waals surface area (Å²) in [5, 5.41) is 0.982. The van der Waals surface area contributed by atoms with Gasteiger partial charge in [0.1, 0.15) is 17.8 Å². The maximum Gasteiger partial charge on any atom is 0.145 e. The van der Waals surface area contributed by atoms with E-state index in [2.05, 4.69) is 25.6 Å². The van der Waals surface area contributed by atoms with Crippen molar-refractivity contribution in [3.63, 3.8) is 0 Å². The van der Waals surface area contributed by atoms with E-state index in [-0.39, 0.29) is 0 Å². The van der Waals surface area contributed by atoms with Gasteiger partial charge in [0.25, 0.3) is 0 Å². The van der Waals surface area contributed by atoms with Crippen molar-refractivity contribution in [2.24, 2.45) is 5.92 Å². The molecule has 2 N–H and O–H groups in total. The molecule has 106 valence electrons. The van der Waals surface area contributed by atoms with Gasteiger partial charge < -0.3 is 15.2 Å². The van der Waals surface area contributed by atoms with Crippen LogP contribution in [0.2, 0.25) is 0 Å². The van der Waals surface area contributed by atoms with Crippen molar-refractivity contribution in [3.05, 3.63) is 18.6 Å².